The molecule has 0 spiro atoms. The van der Waals surface area contributed by atoms with Gasteiger partial charge in [-0.25, -0.2) is 8.42 Å². The van der Waals surface area contributed by atoms with Crippen molar-refractivity contribution in [2.45, 2.75) is 57.5 Å². The molecule has 1 heterocycles. The van der Waals surface area contributed by atoms with E-state index in [0.29, 0.717) is 17.7 Å². The fraction of sp³-hybridized carbons (Fsp3) is 0.579. The molecular weight excluding hydrogens is 366 g/mol. The van der Waals surface area contributed by atoms with Gasteiger partial charge >= 0.3 is 0 Å². The smallest absolute Gasteiger partial charge is 0.251 e. The third kappa shape index (κ3) is 4.61. The van der Waals surface area contributed by atoms with E-state index < -0.39 is 10.0 Å². The van der Waals surface area contributed by atoms with E-state index in [2.05, 4.69) is 10.6 Å². The van der Waals surface area contributed by atoms with Crippen molar-refractivity contribution in [3.8, 4) is 0 Å². The van der Waals surface area contributed by atoms with Gasteiger partial charge < -0.3 is 10.6 Å². The first-order valence-corrected chi connectivity index (χ1v) is 11.3. The lowest BCUT2D eigenvalue weighted by Crippen LogP contribution is -2.35. The van der Waals surface area contributed by atoms with Crippen LogP contribution in [0, 0.1) is 0 Å². The van der Waals surface area contributed by atoms with Crippen LogP contribution in [0.1, 0.15) is 54.9 Å². The van der Waals surface area contributed by atoms with Crippen molar-refractivity contribution in [3.63, 3.8) is 0 Å². The summed E-state index contributed by atoms with van der Waals surface area (Å²) in [5, 5.41) is 5.76. The van der Waals surface area contributed by atoms with Crippen LogP contribution in [0.4, 0.5) is 5.69 Å². The summed E-state index contributed by atoms with van der Waals surface area (Å²) in [6.07, 6.45) is 6.42. The molecule has 1 atom stereocenters. The second-order valence-corrected chi connectivity index (χ2v) is 9.37. The average molecular weight is 394 g/mol. The summed E-state index contributed by atoms with van der Waals surface area (Å²) in [4.78, 5) is 24.3. The average Bonchev–Trinajstić information content (AvgIpc) is 3.19. The SMILES string of the molecule is CC1Cc2cc(C(=O)NCCC(=O)NC3CCCC3)ccc2N1S(C)(=O)=O. The topological polar surface area (TPSA) is 95.6 Å². The number of rotatable bonds is 6. The standard InChI is InChI=1S/C19H27N3O4S/c1-13-11-15-12-14(7-8-17(15)22(13)27(2,25)26)19(24)20-10-9-18(23)21-16-5-3-4-6-16/h7-8,12-13,16H,3-6,9-11H2,1-2H3,(H,20,24)(H,21,23). The Hall–Kier alpha value is -2.09. The van der Waals surface area contributed by atoms with Crippen LogP contribution in [0.25, 0.3) is 0 Å². The lowest BCUT2D eigenvalue weighted by Gasteiger charge is -2.21. The van der Waals surface area contributed by atoms with Crippen molar-refractivity contribution in [2.24, 2.45) is 0 Å². The zero-order valence-corrected chi connectivity index (χ0v) is 16.6. The van der Waals surface area contributed by atoms with Gasteiger partial charge in [0.05, 0.1) is 11.9 Å². The minimum Gasteiger partial charge on any atom is -0.353 e. The van der Waals surface area contributed by atoms with Gasteiger partial charge in [-0.15, -0.1) is 0 Å². The molecule has 1 saturated carbocycles. The van der Waals surface area contributed by atoms with Crippen molar-refractivity contribution in [3.05, 3.63) is 29.3 Å². The van der Waals surface area contributed by atoms with E-state index in [1.807, 2.05) is 6.92 Å². The Morgan fingerprint density at radius 2 is 1.93 bits per heavy atom. The molecule has 3 rings (SSSR count). The molecule has 1 aromatic rings. The van der Waals surface area contributed by atoms with Gasteiger partial charge in [-0.3, -0.25) is 13.9 Å². The van der Waals surface area contributed by atoms with Gasteiger partial charge in [0.2, 0.25) is 15.9 Å². The molecule has 148 valence electrons. The molecule has 2 aliphatic rings. The minimum absolute atomic E-state index is 0.0335. The van der Waals surface area contributed by atoms with E-state index in [0.717, 1.165) is 31.2 Å². The third-order valence-corrected chi connectivity index (χ3v) is 6.48. The van der Waals surface area contributed by atoms with Crippen molar-refractivity contribution >= 4 is 27.5 Å². The largest absolute Gasteiger partial charge is 0.353 e. The quantitative estimate of drug-likeness (QED) is 0.767. The fourth-order valence-corrected chi connectivity index (χ4v) is 5.27. The summed E-state index contributed by atoms with van der Waals surface area (Å²) in [5.41, 5.74) is 1.96. The number of fused-ring (bicyclic) bond motifs is 1. The number of anilines is 1. The highest BCUT2D eigenvalue weighted by Crippen LogP contribution is 2.34. The van der Waals surface area contributed by atoms with Gasteiger partial charge in [-0.1, -0.05) is 12.8 Å². The molecule has 1 aromatic carbocycles. The van der Waals surface area contributed by atoms with Crippen molar-refractivity contribution < 1.29 is 18.0 Å². The molecule has 1 aliphatic carbocycles. The monoisotopic (exact) mass is 393 g/mol. The lowest BCUT2D eigenvalue weighted by molar-refractivity contribution is -0.121. The van der Waals surface area contributed by atoms with Crippen LogP contribution < -0.4 is 14.9 Å². The van der Waals surface area contributed by atoms with Crippen LogP contribution in [-0.2, 0) is 21.2 Å². The maximum absolute atomic E-state index is 12.4. The zero-order chi connectivity index (χ0) is 19.6. The number of sulfonamides is 1. The maximum atomic E-state index is 12.4. The van der Waals surface area contributed by atoms with Gasteiger partial charge in [-0.05, 0) is 49.9 Å². The first kappa shape index (κ1) is 19.7. The van der Waals surface area contributed by atoms with Crippen LogP contribution in [0.3, 0.4) is 0 Å². The summed E-state index contributed by atoms with van der Waals surface area (Å²) in [7, 11) is -3.34. The Morgan fingerprint density at radius 3 is 2.59 bits per heavy atom. The Labute approximate surface area is 160 Å². The predicted octanol–water partition coefficient (Wildman–Crippen LogP) is 1.58. The number of carbonyl (C=O) groups excluding carboxylic acids is 2. The van der Waals surface area contributed by atoms with E-state index in [1.165, 1.54) is 10.6 Å². The molecule has 0 radical (unpaired) electrons. The Morgan fingerprint density at radius 1 is 1.22 bits per heavy atom. The highest BCUT2D eigenvalue weighted by atomic mass is 32.2. The third-order valence-electron chi connectivity index (χ3n) is 5.21. The van der Waals surface area contributed by atoms with E-state index in [4.69, 9.17) is 0 Å². The van der Waals surface area contributed by atoms with Crippen LogP contribution in [0.2, 0.25) is 0 Å². The number of amides is 2. The first-order valence-electron chi connectivity index (χ1n) is 9.45. The molecular formula is C19H27N3O4S. The number of benzene rings is 1. The molecule has 27 heavy (non-hydrogen) atoms. The molecule has 1 unspecified atom stereocenters. The number of nitrogens with zero attached hydrogens (tertiary/aromatic N) is 1. The summed E-state index contributed by atoms with van der Waals surface area (Å²) >= 11 is 0. The van der Waals surface area contributed by atoms with Gasteiger partial charge in [0.25, 0.3) is 5.91 Å². The molecule has 2 N–H and O–H groups in total. The molecule has 8 heteroatoms. The molecule has 1 aliphatic heterocycles. The number of hydrogen-bond donors (Lipinski definition) is 2. The van der Waals surface area contributed by atoms with Gasteiger partial charge in [0.15, 0.2) is 0 Å². The second-order valence-electron chi connectivity index (χ2n) is 7.51. The summed E-state index contributed by atoms with van der Waals surface area (Å²) < 4.78 is 25.3. The lowest BCUT2D eigenvalue weighted by atomic mass is 10.1. The zero-order valence-electron chi connectivity index (χ0n) is 15.8. The molecule has 7 nitrogen and oxygen atoms in total. The van der Waals surface area contributed by atoms with Gasteiger partial charge in [-0.2, -0.15) is 0 Å². The Kier molecular flexibility index (Phi) is 5.74. The van der Waals surface area contributed by atoms with Crippen LogP contribution in [0.5, 0.6) is 0 Å². The normalized spacial score (nSPS) is 19.8. The van der Waals surface area contributed by atoms with E-state index >= 15 is 0 Å². The number of nitrogens with one attached hydrogen (secondary N) is 2. The maximum Gasteiger partial charge on any atom is 0.251 e. The van der Waals surface area contributed by atoms with Gasteiger partial charge in [0, 0.05) is 30.6 Å². The predicted molar refractivity (Wildman–Crippen MR) is 104 cm³/mol. The molecule has 2 amide bonds. The molecule has 0 bridgehead atoms. The molecule has 0 aromatic heterocycles. The van der Waals surface area contributed by atoms with Crippen molar-refractivity contribution in [1.82, 2.24) is 10.6 Å². The molecule has 1 fully saturated rings. The molecule has 0 saturated heterocycles. The van der Waals surface area contributed by atoms with E-state index in [-0.39, 0.29) is 36.9 Å². The summed E-state index contributed by atoms with van der Waals surface area (Å²) in [5.74, 6) is -0.286. The van der Waals surface area contributed by atoms with Crippen molar-refractivity contribution in [2.75, 3.05) is 17.1 Å². The first-order chi connectivity index (χ1) is 12.8. The summed E-state index contributed by atoms with van der Waals surface area (Å²) in [6.45, 7) is 2.13. The van der Waals surface area contributed by atoms with Crippen LogP contribution in [0.15, 0.2) is 18.2 Å². The number of carbonyl (C=O) groups is 2. The highest BCUT2D eigenvalue weighted by molar-refractivity contribution is 7.92. The Bertz CT molecular complexity index is 831. The van der Waals surface area contributed by atoms with Crippen molar-refractivity contribution in [1.29, 1.82) is 0 Å². The summed E-state index contributed by atoms with van der Waals surface area (Å²) in [6, 6.07) is 5.17. The van der Waals surface area contributed by atoms with Gasteiger partial charge in [0.1, 0.15) is 0 Å². The van der Waals surface area contributed by atoms with E-state index in [9.17, 15) is 18.0 Å². The second kappa shape index (κ2) is 7.88. The Balaban J connectivity index is 1.55. The van der Waals surface area contributed by atoms with E-state index in [1.54, 1.807) is 18.2 Å². The van der Waals surface area contributed by atoms with Crippen LogP contribution >= 0.6 is 0 Å². The number of hydrogen-bond acceptors (Lipinski definition) is 4. The minimum atomic E-state index is -3.34. The van der Waals surface area contributed by atoms with Crippen LogP contribution in [-0.4, -0.2) is 45.1 Å². The highest BCUT2D eigenvalue weighted by Gasteiger charge is 2.32. The fourth-order valence-electron chi connectivity index (χ4n) is 4.01.